The number of fused-ring (bicyclic) bond motifs is 6. The lowest BCUT2D eigenvalue weighted by atomic mass is 9.84. The Morgan fingerprint density at radius 1 is 0.738 bits per heavy atom. The number of likely N-dealkylation sites (tertiary alicyclic amines) is 2. The maximum Gasteiger partial charge on any atom is 0.407 e. The minimum Gasteiger partial charge on any atom is -0.453 e. The van der Waals surface area contributed by atoms with E-state index in [0.717, 1.165) is 57.7 Å². The van der Waals surface area contributed by atoms with Crippen LogP contribution in [0.25, 0.3) is 44.5 Å². The monoisotopic (exact) mass is 878 g/mol. The van der Waals surface area contributed by atoms with Gasteiger partial charge in [0.1, 0.15) is 23.7 Å². The van der Waals surface area contributed by atoms with Crippen LogP contribution in [0, 0.1) is 17.8 Å². The molecule has 9 rings (SSSR count). The summed E-state index contributed by atoms with van der Waals surface area (Å²) in [7, 11) is 2.59. The zero-order chi connectivity index (χ0) is 45.8. The zero-order valence-electron chi connectivity index (χ0n) is 38.1. The second kappa shape index (κ2) is 17.4. The van der Waals surface area contributed by atoms with E-state index in [2.05, 4.69) is 101 Å². The summed E-state index contributed by atoms with van der Waals surface area (Å²) in [5.74, 6) is 1.77. The van der Waals surface area contributed by atoms with Crippen LogP contribution in [-0.4, -0.2) is 93.1 Å². The maximum absolute atomic E-state index is 13.9. The number of rotatable bonds is 11. The molecule has 0 radical (unpaired) electrons. The summed E-state index contributed by atoms with van der Waals surface area (Å²) in [6.07, 6.45) is 7.66. The third kappa shape index (κ3) is 8.08. The highest BCUT2D eigenvalue weighted by Gasteiger charge is 2.42. The molecule has 2 aliphatic carbocycles. The van der Waals surface area contributed by atoms with Crippen LogP contribution in [0.4, 0.5) is 9.59 Å². The molecule has 338 valence electrons. The van der Waals surface area contributed by atoms with E-state index in [-0.39, 0.29) is 41.7 Å². The quantitative estimate of drug-likeness (QED) is 0.0952. The van der Waals surface area contributed by atoms with E-state index < -0.39 is 24.3 Å². The SMILES string of the molecule is C=C1C[C@@H](c2ncc(-c3ccc(-c4ccc(-c5ccc6nc([C@@H]7C[C@H](C)CN7C(=O)[C@@H](NC(=O)OC)C(C)C)[nH]c6c5)c5c4C4C=CC5C4)cc3)[nH]2)N(C(=O)[C@@H](NC(=O)OC)C(C)C)C1. The van der Waals surface area contributed by atoms with Crippen molar-refractivity contribution in [2.45, 2.75) is 89.9 Å². The fourth-order valence-electron chi connectivity index (χ4n) is 10.5. The summed E-state index contributed by atoms with van der Waals surface area (Å²) in [5, 5.41) is 5.45. The average Bonchev–Trinajstić information content (AvgIpc) is 4.17. The van der Waals surface area contributed by atoms with Crippen molar-refractivity contribution in [3.63, 3.8) is 0 Å². The molecule has 0 saturated carbocycles. The van der Waals surface area contributed by atoms with Gasteiger partial charge >= 0.3 is 12.2 Å². The van der Waals surface area contributed by atoms with Crippen LogP contribution in [0.2, 0.25) is 0 Å². The number of carbonyl (C=O) groups excluding carboxylic acids is 4. The summed E-state index contributed by atoms with van der Waals surface area (Å²) < 4.78 is 9.63. The fourth-order valence-corrected chi connectivity index (χ4v) is 10.5. The third-order valence-corrected chi connectivity index (χ3v) is 13.8. The molecule has 5 aromatic rings. The summed E-state index contributed by atoms with van der Waals surface area (Å²) in [6, 6.07) is 17.5. The molecule has 7 atom stereocenters. The number of aromatic nitrogens is 4. The van der Waals surface area contributed by atoms with Crippen LogP contribution >= 0.6 is 0 Å². The lowest BCUT2D eigenvalue weighted by molar-refractivity contribution is -0.136. The van der Waals surface area contributed by atoms with E-state index in [1.165, 1.54) is 36.5 Å². The minimum absolute atomic E-state index is 0.121. The largest absolute Gasteiger partial charge is 0.453 e. The number of carbonyl (C=O) groups is 4. The Morgan fingerprint density at radius 2 is 1.32 bits per heavy atom. The van der Waals surface area contributed by atoms with Gasteiger partial charge in [0.2, 0.25) is 11.8 Å². The second-order valence-corrected chi connectivity index (χ2v) is 18.9. The third-order valence-electron chi connectivity index (χ3n) is 13.8. The molecular weight excluding hydrogens is 821 g/mol. The van der Waals surface area contributed by atoms with Gasteiger partial charge in [-0.05, 0) is 88.1 Å². The predicted molar refractivity (Wildman–Crippen MR) is 249 cm³/mol. The van der Waals surface area contributed by atoms with Crippen molar-refractivity contribution in [2.24, 2.45) is 17.8 Å². The molecule has 4 aliphatic rings. The van der Waals surface area contributed by atoms with Crippen LogP contribution < -0.4 is 10.6 Å². The Balaban J connectivity index is 0.961. The number of hydrogen-bond donors (Lipinski definition) is 4. The van der Waals surface area contributed by atoms with Crippen molar-refractivity contribution in [1.29, 1.82) is 0 Å². The van der Waals surface area contributed by atoms with E-state index in [1.807, 2.05) is 38.8 Å². The number of nitrogens with one attached hydrogen (secondary N) is 4. The van der Waals surface area contributed by atoms with Gasteiger partial charge in [0.15, 0.2) is 0 Å². The molecule has 2 fully saturated rings. The molecular formula is C51H58N8O6. The van der Waals surface area contributed by atoms with Gasteiger partial charge in [0.05, 0.1) is 49.2 Å². The number of ether oxygens (including phenoxy) is 2. The Kier molecular flexibility index (Phi) is 11.6. The first-order chi connectivity index (χ1) is 31.2. The van der Waals surface area contributed by atoms with Gasteiger partial charge in [-0.3, -0.25) is 9.59 Å². The van der Waals surface area contributed by atoms with Crippen LogP contribution in [0.15, 0.2) is 85.1 Å². The second-order valence-electron chi connectivity index (χ2n) is 18.9. The number of nitrogens with zero attached hydrogens (tertiary/aromatic N) is 4. The van der Waals surface area contributed by atoms with Crippen LogP contribution in [0.3, 0.4) is 0 Å². The molecule has 14 nitrogen and oxygen atoms in total. The first kappa shape index (κ1) is 43.5. The van der Waals surface area contributed by atoms with E-state index in [1.54, 1.807) is 4.90 Å². The molecule has 4 N–H and O–H groups in total. The number of H-pyrrole nitrogens is 2. The molecule has 4 amide bonds. The first-order valence-corrected chi connectivity index (χ1v) is 22.7. The molecule has 14 heteroatoms. The zero-order valence-corrected chi connectivity index (χ0v) is 38.1. The number of alkyl carbamates (subject to hydrolysis) is 2. The molecule has 2 bridgehead atoms. The lowest BCUT2D eigenvalue weighted by Gasteiger charge is -2.30. The summed E-state index contributed by atoms with van der Waals surface area (Å²) in [5.41, 5.74) is 11.9. The van der Waals surface area contributed by atoms with Gasteiger partial charge in [-0.15, -0.1) is 0 Å². The average molecular weight is 879 g/mol. The predicted octanol–water partition coefficient (Wildman–Crippen LogP) is 8.93. The van der Waals surface area contributed by atoms with Gasteiger partial charge in [0.25, 0.3) is 0 Å². The van der Waals surface area contributed by atoms with Crippen LogP contribution in [0.5, 0.6) is 0 Å². The van der Waals surface area contributed by atoms with Crippen molar-refractivity contribution >= 4 is 35.0 Å². The smallest absolute Gasteiger partial charge is 0.407 e. The normalized spacial score (nSPS) is 21.9. The number of amides is 4. The number of imidazole rings is 2. The van der Waals surface area contributed by atoms with Crippen LogP contribution in [0.1, 0.15) is 101 Å². The van der Waals surface area contributed by atoms with Crippen molar-refractivity contribution in [2.75, 3.05) is 27.3 Å². The Hall–Kier alpha value is -6.70. The van der Waals surface area contributed by atoms with E-state index in [0.29, 0.717) is 37.2 Å². The first-order valence-electron chi connectivity index (χ1n) is 22.7. The molecule has 65 heavy (non-hydrogen) atoms. The molecule has 3 aromatic carbocycles. The number of methoxy groups -OCH3 is 2. The molecule has 2 unspecified atom stereocenters. The van der Waals surface area contributed by atoms with E-state index >= 15 is 0 Å². The maximum atomic E-state index is 13.9. The van der Waals surface area contributed by atoms with Crippen molar-refractivity contribution < 1.29 is 28.7 Å². The summed E-state index contributed by atoms with van der Waals surface area (Å²) >= 11 is 0. The van der Waals surface area contributed by atoms with Crippen molar-refractivity contribution in [3.05, 3.63) is 108 Å². The van der Waals surface area contributed by atoms with Gasteiger partial charge in [-0.25, -0.2) is 19.6 Å². The molecule has 2 aromatic heterocycles. The Bertz CT molecular complexity index is 2720. The van der Waals surface area contributed by atoms with E-state index in [9.17, 15) is 19.2 Å². The van der Waals surface area contributed by atoms with Crippen LogP contribution in [-0.2, 0) is 19.1 Å². The van der Waals surface area contributed by atoms with Gasteiger partial charge < -0.3 is 39.9 Å². The highest BCUT2D eigenvalue weighted by atomic mass is 16.5. The minimum atomic E-state index is -0.743. The van der Waals surface area contributed by atoms with Gasteiger partial charge in [0, 0.05) is 24.9 Å². The van der Waals surface area contributed by atoms with Gasteiger partial charge in [-0.1, -0.05) is 101 Å². The van der Waals surface area contributed by atoms with Crippen molar-refractivity contribution in [1.82, 2.24) is 40.4 Å². The van der Waals surface area contributed by atoms with Gasteiger partial charge in [-0.2, -0.15) is 0 Å². The van der Waals surface area contributed by atoms with E-state index in [4.69, 9.17) is 19.4 Å². The topological polar surface area (TPSA) is 175 Å². The molecule has 0 spiro atoms. The Morgan fingerprint density at radius 3 is 1.94 bits per heavy atom. The number of allylic oxidation sites excluding steroid dienone is 2. The van der Waals surface area contributed by atoms with Crippen molar-refractivity contribution in [3.8, 4) is 33.5 Å². The molecule has 4 heterocycles. The number of aromatic amines is 2. The summed E-state index contributed by atoms with van der Waals surface area (Å²) in [6.45, 7) is 14.9. The molecule has 2 saturated heterocycles. The number of benzene rings is 3. The molecule has 2 aliphatic heterocycles. The number of hydrogen-bond acceptors (Lipinski definition) is 8. The fraction of sp³-hybridized carbons (Fsp3) is 0.412. The highest BCUT2D eigenvalue weighted by Crippen LogP contribution is 2.55. The summed E-state index contributed by atoms with van der Waals surface area (Å²) in [4.78, 5) is 72.4. The standard InChI is InChI=1S/C51H58N8O6/c1-26(2)44(56-50(62)64-7)48(60)58-24-28(5)19-40(58)46-52-23-39(55-46)31-11-9-30(10-12-31)35-16-17-36(43-34-14-13-33(21-34)42(35)43)32-15-18-37-38(22-32)54-47(53-37)41-20-29(6)25-59(41)49(61)45(27(3)4)57-51(63)65-8/h9-18,22-23,26-27,29,33-34,40-41,44-45H,5,19-21,24-25H2,1-4,6-8H3,(H,52,55)(H,53,54)(H,56,62)(H,57,63)/t29-,33?,34?,40-,41-,44-,45-/m0/s1. The lowest BCUT2D eigenvalue weighted by Crippen LogP contribution is -2.51. The highest BCUT2D eigenvalue weighted by molar-refractivity contribution is 5.89. The Labute approximate surface area is 379 Å².